The van der Waals surface area contributed by atoms with Crippen molar-refractivity contribution in [3.05, 3.63) is 75.8 Å². The lowest BCUT2D eigenvalue weighted by Crippen LogP contribution is -2.45. The first-order valence-electron chi connectivity index (χ1n) is 13.2. The van der Waals surface area contributed by atoms with Gasteiger partial charge in [0, 0.05) is 36.1 Å². The molecule has 0 spiro atoms. The van der Waals surface area contributed by atoms with Crippen LogP contribution in [0.1, 0.15) is 63.5 Å². The van der Waals surface area contributed by atoms with Crippen molar-refractivity contribution in [2.24, 2.45) is 0 Å². The van der Waals surface area contributed by atoms with E-state index in [0.29, 0.717) is 36.5 Å². The number of aromatic nitrogens is 1. The molecule has 9 nitrogen and oxygen atoms in total. The van der Waals surface area contributed by atoms with Crippen LogP contribution in [0, 0.1) is 0 Å². The van der Waals surface area contributed by atoms with E-state index in [1.807, 2.05) is 17.0 Å². The van der Waals surface area contributed by atoms with Gasteiger partial charge in [0.2, 0.25) is 0 Å². The zero-order valence-electron chi connectivity index (χ0n) is 22.5. The molecule has 39 heavy (non-hydrogen) atoms. The van der Waals surface area contributed by atoms with Crippen LogP contribution in [0.4, 0.5) is 15.6 Å². The molecule has 0 aliphatic heterocycles. The second kappa shape index (κ2) is 13.2. The Kier molecular flexibility index (Phi) is 9.54. The number of nitrogens with one attached hydrogen (secondary N) is 2. The molecule has 10 heteroatoms. The molecule has 1 aliphatic carbocycles. The maximum Gasteiger partial charge on any atom is 0.338 e. The Morgan fingerprint density at radius 2 is 1.87 bits per heavy atom. The summed E-state index contributed by atoms with van der Waals surface area (Å²) in [6.07, 6.45) is 3.22. The van der Waals surface area contributed by atoms with Crippen molar-refractivity contribution in [1.29, 1.82) is 0 Å². The fourth-order valence-corrected chi connectivity index (χ4v) is 5.65. The minimum absolute atomic E-state index is 0.0601. The summed E-state index contributed by atoms with van der Waals surface area (Å²) in [7, 11) is 1.37. The van der Waals surface area contributed by atoms with Crippen molar-refractivity contribution >= 4 is 40.1 Å². The van der Waals surface area contributed by atoms with Crippen molar-refractivity contribution in [1.82, 2.24) is 9.88 Å². The molecule has 0 fully saturated rings. The molecular weight excluding hydrogens is 516 g/mol. The molecular formula is C29H34N4O5S. The zero-order chi connectivity index (χ0) is 27.8. The average molecular weight is 551 g/mol. The lowest BCUT2D eigenvalue weighted by Gasteiger charge is -2.33. The number of fused-ring (bicyclic) bond motifs is 1. The smallest absolute Gasteiger partial charge is 0.338 e. The quantitative estimate of drug-likeness (QED) is 0.320. The monoisotopic (exact) mass is 550 g/mol. The highest BCUT2D eigenvalue weighted by Gasteiger charge is 2.29. The third-order valence-electron chi connectivity index (χ3n) is 6.52. The minimum atomic E-state index is -0.411. The minimum Gasteiger partial charge on any atom is -0.465 e. The SMILES string of the molecule is CCCN(C(=O)Nc1cccc(C(=O)OCC)c1)C1CCc2nc(NCc3ccc(C(=O)OC)cc3)sc2C1. The molecule has 2 amide bonds. The number of carbonyl (C=O) groups is 3. The van der Waals surface area contributed by atoms with Gasteiger partial charge >= 0.3 is 18.0 Å². The highest BCUT2D eigenvalue weighted by atomic mass is 32.1. The Morgan fingerprint density at radius 3 is 2.59 bits per heavy atom. The number of hydrogen-bond donors (Lipinski definition) is 2. The number of aryl methyl sites for hydroxylation is 1. The molecule has 1 heterocycles. The summed E-state index contributed by atoms with van der Waals surface area (Å²) in [6, 6.07) is 14.0. The Bertz CT molecular complexity index is 1310. The number of urea groups is 1. The molecule has 3 aromatic rings. The first-order valence-corrected chi connectivity index (χ1v) is 14.0. The maximum absolute atomic E-state index is 13.3. The third-order valence-corrected chi connectivity index (χ3v) is 7.60. The van der Waals surface area contributed by atoms with Gasteiger partial charge in [-0.25, -0.2) is 19.4 Å². The van der Waals surface area contributed by atoms with E-state index in [0.717, 1.165) is 42.1 Å². The van der Waals surface area contributed by atoms with Crippen LogP contribution < -0.4 is 10.6 Å². The molecule has 2 aromatic carbocycles. The van der Waals surface area contributed by atoms with Gasteiger partial charge in [-0.15, -0.1) is 11.3 Å². The van der Waals surface area contributed by atoms with Crippen molar-refractivity contribution in [2.45, 2.75) is 52.1 Å². The molecule has 1 atom stereocenters. The average Bonchev–Trinajstić information content (AvgIpc) is 3.37. The van der Waals surface area contributed by atoms with E-state index in [2.05, 4.69) is 17.6 Å². The molecule has 4 rings (SSSR count). The Morgan fingerprint density at radius 1 is 1.08 bits per heavy atom. The Balaban J connectivity index is 1.38. The van der Waals surface area contributed by atoms with Crippen LogP contribution in [0.5, 0.6) is 0 Å². The number of amides is 2. The van der Waals surface area contributed by atoms with Crippen molar-refractivity contribution in [3.63, 3.8) is 0 Å². The van der Waals surface area contributed by atoms with Gasteiger partial charge in [0.25, 0.3) is 0 Å². The number of benzene rings is 2. The summed E-state index contributed by atoms with van der Waals surface area (Å²) < 4.78 is 9.83. The summed E-state index contributed by atoms with van der Waals surface area (Å²) in [4.78, 5) is 44.9. The van der Waals surface area contributed by atoms with Crippen LogP contribution in [0.2, 0.25) is 0 Å². The van der Waals surface area contributed by atoms with Crippen LogP contribution in [-0.4, -0.2) is 54.2 Å². The highest BCUT2D eigenvalue weighted by Crippen LogP contribution is 2.32. The summed E-state index contributed by atoms with van der Waals surface area (Å²) in [5.41, 5.74) is 3.60. The van der Waals surface area contributed by atoms with E-state index in [-0.39, 0.29) is 18.0 Å². The Hall–Kier alpha value is -3.92. The number of hydrogen-bond acceptors (Lipinski definition) is 8. The second-order valence-corrected chi connectivity index (χ2v) is 10.3. The van der Waals surface area contributed by atoms with Crippen molar-refractivity contribution in [2.75, 3.05) is 30.9 Å². The standard InChI is InChI=1S/C29H34N4O5S/c1-4-15-33(29(36)31-22-8-6-7-21(16-22)27(35)38-5-2)23-13-14-24-25(17-23)39-28(32-24)30-18-19-9-11-20(12-10-19)26(34)37-3/h6-12,16,23H,4-5,13-15,17-18H2,1-3H3,(H,30,32)(H,31,36). The molecule has 2 N–H and O–H groups in total. The van der Waals surface area contributed by atoms with Gasteiger partial charge in [-0.3, -0.25) is 0 Å². The van der Waals surface area contributed by atoms with Gasteiger partial charge in [-0.2, -0.15) is 0 Å². The summed E-state index contributed by atoms with van der Waals surface area (Å²) in [6.45, 7) is 5.34. The second-order valence-electron chi connectivity index (χ2n) is 9.25. The van der Waals surface area contributed by atoms with E-state index in [1.54, 1.807) is 54.7 Å². The first kappa shape index (κ1) is 28.1. The third kappa shape index (κ3) is 7.14. The van der Waals surface area contributed by atoms with Crippen LogP contribution in [0.25, 0.3) is 0 Å². The van der Waals surface area contributed by atoms with Crippen LogP contribution in [-0.2, 0) is 28.9 Å². The number of esters is 2. The molecule has 0 saturated carbocycles. The number of nitrogens with zero attached hydrogens (tertiary/aromatic N) is 2. The predicted molar refractivity (Wildman–Crippen MR) is 151 cm³/mol. The van der Waals surface area contributed by atoms with E-state index < -0.39 is 5.97 Å². The van der Waals surface area contributed by atoms with Crippen molar-refractivity contribution < 1.29 is 23.9 Å². The molecule has 206 valence electrons. The molecule has 0 bridgehead atoms. The summed E-state index contributed by atoms with van der Waals surface area (Å²) >= 11 is 1.62. The number of rotatable bonds is 10. The van der Waals surface area contributed by atoms with Gasteiger partial charge in [0.05, 0.1) is 30.5 Å². The molecule has 1 aromatic heterocycles. The number of anilines is 2. The van der Waals surface area contributed by atoms with E-state index in [4.69, 9.17) is 14.5 Å². The fraction of sp³-hybridized carbons (Fsp3) is 0.379. The van der Waals surface area contributed by atoms with E-state index >= 15 is 0 Å². The van der Waals surface area contributed by atoms with Crippen LogP contribution >= 0.6 is 11.3 Å². The first-order chi connectivity index (χ1) is 18.9. The molecule has 0 radical (unpaired) electrons. The largest absolute Gasteiger partial charge is 0.465 e. The topological polar surface area (TPSA) is 110 Å². The summed E-state index contributed by atoms with van der Waals surface area (Å²) in [5.74, 6) is -0.765. The van der Waals surface area contributed by atoms with E-state index in [9.17, 15) is 14.4 Å². The van der Waals surface area contributed by atoms with Gasteiger partial charge in [0.1, 0.15) is 0 Å². The number of thiazole rings is 1. The predicted octanol–water partition coefficient (Wildman–Crippen LogP) is 5.52. The van der Waals surface area contributed by atoms with Crippen LogP contribution in [0.15, 0.2) is 48.5 Å². The van der Waals surface area contributed by atoms with Gasteiger partial charge < -0.3 is 25.0 Å². The number of ether oxygens (including phenoxy) is 2. The van der Waals surface area contributed by atoms with E-state index in [1.165, 1.54) is 12.0 Å². The lowest BCUT2D eigenvalue weighted by molar-refractivity contribution is 0.0525. The maximum atomic E-state index is 13.3. The highest BCUT2D eigenvalue weighted by molar-refractivity contribution is 7.15. The van der Waals surface area contributed by atoms with Gasteiger partial charge in [0.15, 0.2) is 5.13 Å². The Labute approximate surface area is 232 Å². The normalized spacial score (nSPS) is 14.2. The van der Waals surface area contributed by atoms with Gasteiger partial charge in [-0.1, -0.05) is 25.1 Å². The molecule has 0 saturated heterocycles. The van der Waals surface area contributed by atoms with Crippen molar-refractivity contribution in [3.8, 4) is 0 Å². The number of carbonyl (C=O) groups excluding carboxylic acids is 3. The lowest BCUT2D eigenvalue weighted by atomic mass is 9.96. The number of methoxy groups -OCH3 is 1. The van der Waals surface area contributed by atoms with Crippen LogP contribution in [0.3, 0.4) is 0 Å². The molecule has 1 unspecified atom stereocenters. The molecule has 1 aliphatic rings. The zero-order valence-corrected chi connectivity index (χ0v) is 23.3. The summed E-state index contributed by atoms with van der Waals surface area (Å²) in [5, 5.41) is 7.21. The fourth-order valence-electron chi connectivity index (χ4n) is 4.58. The van der Waals surface area contributed by atoms with Gasteiger partial charge in [-0.05, 0) is 62.1 Å².